The summed E-state index contributed by atoms with van der Waals surface area (Å²) in [4.78, 5) is 28.3. The van der Waals surface area contributed by atoms with Crippen LogP contribution in [0, 0.1) is 11.8 Å². The van der Waals surface area contributed by atoms with Crippen molar-refractivity contribution >= 4 is 66.9 Å². The molecule has 0 atom stereocenters. The summed E-state index contributed by atoms with van der Waals surface area (Å²) < 4.78 is 3.16. The first kappa shape index (κ1) is 22.4. The van der Waals surface area contributed by atoms with Crippen molar-refractivity contribution in [1.29, 1.82) is 0 Å². The van der Waals surface area contributed by atoms with Crippen molar-refractivity contribution in [1.82, 2.24) is 14.8 Å². The van der Waals surface area contributed by atoms with Crippen molar-refractivity contribution in [3.63, 3.8) is 0 Å². The molecule has 3 heterocycles. The molecule has 5 rings (SSSR count). The molecule has 0 spiro atoms. The summed E-state index contributed by atoms with van der Waals surface area (Å²) in [5.41, 5.74) is 3.31. The van der Waals surface area contributed by atoms with Crippen molar-refractivity contribution in [2.75, 3.05) is 20.1 Å². The first-order valence-electron chi connectivity index (χ1n) is 10.9. The minimum absolute atomic E-state index is 0.375. The monoisotopic (exact) mass is 487 g/mol. The number of amides is 2. The van der Waals surface area contributed by atoms with Crippen LogP contribution in [-0.4, -0.2) is 41.4 Å². The van der Waals surface area contributed by atoms with Crippen molar-refractivity contribution in [3.8, 4) is 11.8 Å². The number of nitrogens with zero attached hydrogens (tertiary/aromatic N) is 2. The molecule has 5 nitrogen and oxygen atoms in total. The molecule has 0 radical (unpaired) electrons. The highest BCUT2D eigenvalue weighted by molar-refractivity contribution is 7.17. The van der Waals surface area contributed by atoms with E-state index in [1.807, 2.05) is 68.0 Å². The number of halogens is 1. The molecule has 0 aliphatic carbocycles. The number of fused-ring (bicyclic) bond motifs is 2. The van der Waals surface area contributed by atoms with Crippen LogP contribution in [0.2, 0.25) is 5.02 Å². The van der Waals surface area contributed by atoms with E-state index in [0.717, 1.165) is 45.2 Å². The third-order valence-corrected chi connectivity index (χ3v) is 7.24. The molecule has 1 aliphatic rings. The average molecular weight is 488 g/mol. The van der Waals surface area contributed by atoms with E-state index in [4.69, 9.17) is 11.6 Å². The minimum Gasteiger partial charge on any atom is -0.346 e. The maximum Gasteiger partial charge on any atom is 0.259 e. The van der Waals surface area contributed by atoms with Gasteiger partial charge in [-0.1, -0.05) is 35.7 Å². The molecule has 0 bridgehead atoms. The van der Waals surface area contributed by atoms with E-state index >= 15 is 0 Å². The number of para-hydroxylation sites is 1. The van der Waals surface area contributed by atoms with Crippen LogP contribution >= 0.6 is 22.9 Å². The standard InChI is InChI=1S/C27H22ClN3O2S/c1-3-4-11-30(2)12-13-31-15-20(18-7-5-6-8-22(18)31)24-25(27(33)29-26(24)32)21-16-34-23-10-9-17(28)14-19(21)23/h5-10,14-16H,11-13H2,1-2H3,(H,29,32,33). The van der Waals surface area contributed by atoms with Gasteiger partial charge in [0.2, 0.25) is 0 Å². The highest BCUT2D eigenvalue weighted by Gasteiger charge is 2.35. The number of benzene rings is 2. The lowest BCUT2D eigenvalue weighted by Crippen LogP contribution is -2.23. The summed E-state index contributed by atoms with van der Waals surface area (Å²) in [6, 6.07) is 13.6. The molecule has 1 aliphatic heterocycles. The molecule has 0 unspecified atom stereocenters. The van der Waals surface area contributed by atoms with E-state index < -0.39 is 0 Å². The molecule has 1 N–H and O–H groups in total. The molecule has 2 aromatic heterocycles. The zero-order chi connectivity index (χ0) is 23.8. The summed E-state index contributed by atoms with van der Waals surface area (Å²) in [5, 5.41) is 6.85. The SMILES string of the molecule is CC#CCN(C)CCn1cc(C2=C(c3csc4ccc(Cl)cc34)C(=O)NC2=O)c2ccccc21. The fourth-order valence-corrected chi connectivity index (χ4v) is 5.47. The number of likely N-dealkylation sites (N-methyl/N-ethyl adjacent to an activating group) is 1. The number of rotatable bonds is 6. The molecule has 0 saturated heterocycles. The zero-order valence-corrected chi connectivity index (χ0v) is 20.4. The molecule has 4 aromatic rings. The van der Waals surface area contributed by atoms with Crippen LogP contribution in [0.15, 0.2) is 54.0 Å². The van der Waals surface area contributed by atoms with Crippen LogP contribution in [0.1, 0.15) is 18.1 Å². The molecule has 2 amide bonds. The van der Waals surface area contributed by atoms with Gasteiger partial charge < -0.3 is 4.57 Å². The van der Waals surface area contributed by atoms with Gasteiger partial charge in [0.25, 0.3) is 11.8 Å². The van der Waals surface area contributed by atoms with E-state index in [1.165, 1.54) is 11.3 Å². The lowest BCUT2D eigenvalue weighted by Gasteiger charge is -2.14. The normalized spacial score (nSPS) is 13.8. The van der Waals surface area contributed by atoms with E-state index in [1.54, 1.807) is 0 Å². The number of imide groups is 1. The van der Waals surface area contributed by atoms with Crippen LogP contribution in [0.4, 0.5) is 0 Å². The Morgan fingerprint density at radius 3 is 2.62 bits per heavy atom. The van der Waals surface area contributed by atoms with Crippen LogP contribution in [0.25, 0.3) is 32.1 Å². The predicted octanol–water partition coefficient (Wildman–Crippen LogP) is 5.03. The number of carbonyl (C=O) groups is 2. The van der Waals surface area contributed by atoms with Crippen molar-refractivity contribution in [3.05, 3.63) is 70.2 Å². The quantitative estimate of drug-likeness (QED) is 0.306. The topological polar surface area (TPSA) is 54.3 Å². The largest absolute Gasteiger partial charge is 0.346 e. The van der Waals surface area contributed by atoms with Crippen LogP contribution in [0.3, 0.4) is 0 Å². The predicted molar refractivity (Wildman–Crippen MR) is 140 cm³/mol. The second-order valence-corrected chi connectivity index (χ2v) is 9.59. The molecule has 34 heavy (non-hydrogen) atoms. The first-order chi connectivity index (χ1) is 16.5. The van der Waals surface area contributed by atoms with Crippen molar-refractivity contribution in [2.45, 2.75) is 13.5 Å². The Morgan fingerprint density at radius 1 is 1.06 bits per heavy atom. The van der Waals surface area contributed by atoms with E-state index in [2.05, 4.69) is 26.6 Å². The first-order valence-corrected chi connectivity index (χ1v) is 12.2. The van der Waals surface area contributed by atoms with Gasteiger partial charge >= 0.3 is 0 Å². The van der Waals surface area contributed by atoms with Crippen molar-refractivity contribution < 1.29 is 9.59 Å². The highest BCUT2D eigenvalue weighted by Crippen LogP contribution is 2.40. The maximum atomic E-state index is 13.1. The van der Waals surface area contributed by atoms with E-state index in [-0.39, 0.29) is 11.8 Å². The lowest BCUT2D eigenvalue weighted by atomic mass is 9.95. The summed E-state index contributed by atoms with van der Waals surface area (Å²) in [7, 11) is 2.04. The number of nitrogens with one attached hydrogen (secondary N) is 1. The number of carbonyl (C=O) groups excluding carboxylic acids is 2. The summed E-state index contributed by atoms with van der Waals surface area (Å²) in [5.74, 6) is 5.25. The molecule has 0 saturated carbocycles. The average Bonchev–Trinajstić information content (AvgIpc) is 3.48. The Labute approximate surface area is 206 Å². The molecular formula is C27H22ClN3O2S. The van der Waals surface area contributed by atoms with Crippen LogP contribution in [0.5, 0.6) is 0 Å². The van der Waals surface area contributed by atoms with E-state index in [0.29, 0.717) is 22.7 Å². The highest BCUT2D eigenvalue weighted by atomic mass is 35.5. The smallest absolute Gasteiger partial charge is 0.259 e. The number of hydrogen-bond acceptors (Lipinski definition) is 4. The van der Waals surface area contributed by atoms with Gasteiger partial charge in [0.05, 0.1) is 17.7 Å². The van der Waals surface area contributed by atoms with Gasteiger partial charge in [-0.25, -0.2) is 0 Å². The van der Waals surface area contributed by atoms with Crippen molar-refractivity contribution in [2.24, 2.45) is 0 Å². The summed E-state index contributed by atoms with van der Waals surface area (Å²) >= 11 is 7.78. The fraction of sp³-hybridized carbons (Fsp3) is 0.185. The van der Waals surface area contributed by atoms with Gasteiger partial charge in [0, 0.05) is 61.8 Å². The van der Waals surface area contributed by atoms with Gasteiger partial charge in [0.15, 0.2) is 0 Å². The Balaban J connectivity index is 1.65. The molecule has 7 heteroatoms. The van der Waals surface area contributed by atoms with Gasteiger partial charge in [-0.3, -0.25) is 19.8 Å². The summed E-state index contributed by atoms with van der Waals surface area (Å²) in [6.45, 7) is 4.07. The Kier molecular flexibility index (Phi) is 6.01. The minimum atomic E-state index is -0.380. The van der Waals surface area contributed by atoms with Gasteiger partial charge in [-0.15, -0.1) is 17.3 Å². The zero-order valence-electron chi connectivity index (χ0n) is 18.8. The fourth-order valence-electron chi connectivity index (χ4n) is 4.37. The number of hydrogen-bond donors (Lipinski definition) is 1. The summed E-state index contributed by atoms with van der Waals surface area (Å²) in [6.07, 6.45) is 1.99. The van der Waals surface area contributed by atoms with Gasteiger partial charge in [-0.2, -0.15) is 0 Å². The number of aromatic nitrogens is 1. The van der Waals surface area contributed by atoms with E-state index in [9.17, 15) is 9.59 Å². The van der Waals surface area contributed by atoms with Gasteiger partial charge in [-0.05, 0) is 38.2 Å². The lowest BCUT2D eigenvalue weighted by molar-refractivity contribution is -0.122. The molecular weight excluding hydrogens is 466 g/mol. The Morgan fingerprint density at radius 2 is 1.82 bits per heavy atom. The van der Waals surface area contributed by atoms with Crippen LogP contribution in [-0.2, 0) is 16.1 Å². The molecule has 0 fully saturated rings. The molecule has 2 aromatic carbocycles. The van der Waals surface area contributed by atoms with Crippen LogP contribution < -0.4 is 5.32 Å². The third kappa shape index (κ3) is 3.92. The Bertz CT molecular complexity index is 1550. The molecule has 170 valence electrons. The maximum absolute atomic E-state index is 13.1. The Hall–Kier alpha value is -3.37. The van der Waals surface area contributed by atoms with Gasteiger partial charge in [0.1, 0.15) is 0 Å². The second kappa shape index (κ2) is 9.11. The number of thiophene rings is 1. The second-order valence-electron chi connectivity index (χ2n) is 8.24. The third-order valence-electron chi connectivity index (χ3n) is 6.04.